The van der Waals surface area contributed by atoms with E-state index in [0.717, 1.165) is 44.9 Å². The van der Waals surface area contributed by atoms with Crippen LogP contribution >= 0.6 is 12.2 Å². The van der Waals surface area contributed by atoms with Crippen LogP contribution in [0.15, 0.2) is 65.7 Å². The minimum absolute atomic E-state index is 0.516. The number of likely N-dealkylation sites (tertiary alicyclic amines) is 2. The largest absolute Gasteiger partial charge is 0.308 e. The molecule has 0 aromatic heterocycles. The van der Waals surface area contributed by atoms with Crippen LogP contribution in [0, 0.1) is 38.9 Å². The summed E-state index contributed by atoms with van der Waals surface area (Å²) in [5, 5.41) is 22.3. The fraction of sp³-hybridized carbons (Fsp3) is 0.484. The third-order valence-corrected chi connectivity index (χ3v) is 10.2. The molecule has 0 aliphatic carbocycles. The monoisotopic (exact) mass is 537 g/mol. The Kier molecular flexibility index (Phi) is 6.77. The van der Waals surface area contributed by atoms with Crippen LogP contribution in [0.5, 0.6) is 0 Å². The molecule has 200 valence electrons. The molecule has 6 rings (SSSR count). The molecule has 2 atom stereocenters. The first-order valence-electron chi connectivity index (χ1n) is 14.0. The van der Waals surface area contributed by atoms with E-state index in [-0.39, 0.29) is 0 Å². The summed E-state index contributed by atoms with van der Waals surface area (Å²) in [6.45, 7) is 8.49. The minimum Gasteiger partial charge on any atom is -0.308 e. The highest BCUT2D eigenvalue weighted by Crippen LogP contribution is 2.65. The topological polar surface area (TPSA) is 72.9 Å². The quantitative estimate of drug-likeness (QED) is 0.532. The fourth-order valence-electron chi connectivity index (χ4n) is 7.65. The van der Waals surface area contributed by atoms with Gasteiger partial charge in [0.2, 0.25) is 0 Å². The molecule has 2 aromatic rings. The lowest BCUT2D eigenvalue weighted by Crippen LogP contribution is -2.80. The zero-order valence-corrected chi connectivity index (χ0v) is 23.4. The second-order valence-electron chi connectivity index (χ2n) is 11.5. The Labute approximate surface area is 236 Å². The number of hydrogen-bond donors (Lipinski definition) is 0. The molecule has 1 spiro atoms. The van der Waals surface area contributed by atoms with Crippen LogP contribution in [-0.2, 0) is 13.1 Å². The highest BCUT2D eigenvalue weighted by molar-refractivity contribution is 7.80. The van der Waals surface area contributed by atoms with Gasteiger partial charge in [0.1, 0.15) is 21.7 Å². The van der Waals surface area contributed by atoms with Crippen molar-refractivity contribution in [2.45, 2.75) is 32.9 Å². The standard InChI is InChI=1S/C31H35N7S/c1-2-35-15-13-31(14-16-35)29(19-32)21-36(17-25-9-5-3-6-10-25)22-30(31,20-33)28(39)38-24-37(23-34-27(29)38)18-26-11-7-4-8-12-26/h3-12H,2,13-18,21-24H2,1H3. The zero-order valence-electron chi connectivity index (χ0n) is 22.6. The smallest absolute Gasteiger partial charge is 0.135 e. The summed E-state index contributed by atoms with van der Waals surface area (Å²) in [7, 11) is 0. The van der Waals surface area contributed by atoms with Gasteiger partial charge >= 0.3 is 0 Å². The molecule has 2 unspecified atom stereocenters. The summed E-state index contributed by atoms with van der Waals surface area (Å²) in [6, 6.07) is 26.3. The molecule has 4 aliphatic rings. The molecule has 39 heavy (non-hydrogen) atoms. The van der Waals surface area contributed by atoms with Crippen LogP contribution in [-0.4, -0.2) is 76.5 Å². The van der Waals surface area contributed by atoms with E-state index in [9.17, 15) is 10.5 Å². The molecule has 7 nitrogen and oxygen atoms in total. The number of thiocarbonyl (C=S) groups is 1. The number of amidine groups is 1. The number of benzene rings is 2. The van der Waals surface area contributed by atoms with Crippen LogP contribution in [0.2, 0.25) is 0 Å². The predicted octanol–water partition coefficient (Wildman–Crippen LogP) is 4.10. The van der Waals surface area contributed by atoms with Crippen LogP contribution < -0.4 is 0 Å². The molecule has 4 aliphatic heterocycles. The first-order chi connectivity index (χ1) is 19.0. The van der Waals surface area contributed by atoms with Crippen molar-refractivity contribution < 1.29 is 0 Å². The lowest BCUT2D eigenvalue weighted by Gasteiger charge is -2.68. The molecule has 2 bridgehead atoms. The highest BCUT2D eigenvalue weighted by Gasteiger charge is 2.75. The number of piperidine rings is 3. The molecule has 0 saturated carbocycles. The third-order valence-electron chi connectivity index (χ3n) is 9.60. The average Bonchev–Trinajstić information content (AvgIpc) is 2.98. The summed E-state index contributed by atoms with van der Waals surface area (Å²) < 4.78 is 0. The molecule has 3 fully saturated rings. The molecule has 4 heterocycles. The van der Waals surface area contributed by atoms with Gasteiger partial charge < -0.3 is 9.80 Å². The van der Waals surface area contributed by atoms with Crippen molar-refractivity contribution in [1.82, 2.24) is 19.6 Å². The molecular formula is C31H35N7S. The van der Waals surface area contributed by atoms with Crippen molar-refractivity contribution in [3.63, 3.8) is 0 Å². The summed E-state index contributed by atoms with van der Waals surface area (Å²) in [5.41, 5.74) is -0.0232. The van der Waals surface area contributed by atoms with Gasteiger partial charge in [-0.25, -0.2) is 0 Å². The van der Waals surface area contributed by atoms with Gasteiger partial charge in [-0.3, -0.25) is 14.8 Å². The number of rotatable bonds is 5. The summed E-state index contributed by atoms with van der Waals surface area (Å²) in [5.74, 6) is 0.785. The molecule has 8 heteroatoms. The van der Waals surface area contributed by atoms with E-state index in [4.69, 9.17) is 17.2 Å². The number of aliphatic imine (C=N–C) groups is 1. The van der Waals surface area contributed by atoms with Gasteiger partial charge in [-0.2, -0.15) is 10.5 Å². The van der Waals surface area contributed by atoms with Crippen molar-refractivity contribution >= 4 is 23.0 Å². The lowest BCUT2D eigenvalue weighted by molar-refractivity contribution is -0.0984. The fourth-order valence-corrected chi connectivity index (χ4v) is 8.10. The van der Waals surface area contributed by atoms with Gasteiger partial charge in [0, 0.05) is 31.6 Å². The first-order valence-corrected chi connectivity index (χ1v) is 14.4. The normalized spacial score (nSPS) is 28.8. The van der Waals surface area contributed by atoms with Gasteiger partial charge in [-0.15, -0.1) is 0 Å². The van der Waals surface area contributed by atoms with E-state index in [1.54, 1.807) is 0 Å². The summed E-state index contributed by atoms with van der Waals surface area (Å²) >= 11 is 6.31. The van der Waals surface area contributed by atoms with Gasteiger partial charge in [0.25, 0.3) is 0 Å². The van der Waals surface area contributed by atoms with Crippen molar-refractivity contribution in [2.24, 2.45) is 21.2 Å². The van der Waals surface area contributed by atoms with E-state index in [1.807, 2.05) is 36.4 Å². The Bertz CT molecular complexity index is 1340. The molecule has 0 radical (unpaired) electrons. The first kappa shape index (κ1) is 26.1. The summed E-state index contributed by atoms with van der Waals surface area (Å²) in [4.78, 5) is 14.8. The Hall–Kier alpha value is -3.14. The third kappa shape index (κ3) is 3.93. The molecular weight excluding hydrogens is 502 g/mol. The highest BCUT2D eigenvalue weighted by atomic mass is 32.1. The molecule has 0 amide bonds. The minimum atomic E-state index is -0.945. The van der Waals surface area contributed by atoms with Crippen molar-refractivity contribution in [2.75, 3.05) is 46.1 Å². The molecule has 0 N–H and O–H groups in total. The number of nitrogens with zero attached hydrogens (tertiary/aromatic N) is 7. The van der Waals surface area contributed by atoms with E-state index in [0.29, 0.717) is 38.0 Å². The lowest BCUT2D eigenvalue weighted by atomic mass is 9.43. The Balaban J connectivity index is 1.44. The maximum atomic E-state index is 11.2. The van der Waals surface area contributed by atoms with Crippen LogP contribution in [0.25, 0.3) is 0 Å². The Morgan fingerprint density at radius 3 is 1.95 bits per heavy atom. The van der Waals surface area contributed by atoms with Gasteiger partial charge in [0.15, 0.2) is 0 Å². The van der Waals surface area contributed by atoms with E-state index < -0.39 is 16.2 Å². The number of hydrogen-bond acceptors (Lipinski definition) is 7. The van der Waals surface area contributed by atoms with Gasteiger partial charge in [-0.1, -0.05) is 79.8 Å². The summed E-state index contributed by atoms with van der Waals surface area (Å²) in [6.07, 6.45) is 1.56. The Morgan fingerprint density at radius 2 is 1.38 bits per heavy atom. The van der Waals surface area contributed by atoms with Gasteiger partial charge in [-0.05, 0) is 43.6 Å². The van der Waals surface area contributed by atoms with Crippen LogP contribution in [0.1, 0.15) is 30.9 Å². The van der Waals surface area contributed by atoms with Crippen molar-refractivity contribution in [3.8, 4) is 12.1 Å². The van der Waals surface area contributed by atoms with E-state index in [2.05, 4.69) is 62.9 Å². The van der Waals surface area contributed by atoms with Crippen molar-refractivity contribution in [1.29, 1.82) is 10.5 Å². The predicted molar refractivity (Wildman–Crippen MR) is 155 cm³/mol. The number of fused-ring (bicyclic) bond motifs is 2. The van der Waals surface area contributed by atoms with E-state index in [1.165, 1.54) is 11.1 Å². The molecule has 2 aromatic carbocycles. The zero-order chi connectivity index (χ0) is 27.1. The SMILES string of the molecule is CCN1CCC2(CC1)C1(C#N)CN(Cc3ccccc3)CC2(C#N)C2=NCN(Cc3ccccc3)CN2C1=S. The second-order valence-corrected chi connectivity index (χ2v) is 11.9. The van der Waals surface area contributed by atoms with Gasteiger partial charge in [0.05, 0.1) is 25.5 Å². The maximum Gasteiger partial charge on any atom is 0.135 e. The average molecular weight is 538 g/mol. The Morgan fingerprint density at radius 1 is 0.821 bits per heavy atom. The van der Waals surface area contributed by atoms with Crippen molar-refractivity contribution in [3.05, 3.63) is 71.8 Å². The van der Waals surface area contributed by atoms with Crippen LogP contribution in [0.3, 0.4) is 0 Å². The van der Waals surface area contributed by atoms with E-state index >= 15 is 0 Å². The number of nitriles is 2. The second kappa shape index (κ2) is 10.1. The van der Waals surface area contributed by atoms with Crippen LogP contribution in [0.4, 0.5) is 0 Å². The maximum absolute atomic E-state index is 11.2. The molecule has 3 saturated heterocycles.